The second-order valence-corrected chi connectivity index (χ2v) is 8.30. The lowest BCUT2D eigenvalue weighted by Crippen LogP contribution is -2.33. The first-order valence-electron chi connectivity index (χ1n) is 8.85. The van der Waals surface area contributed by atoms with Crippen LogP contribution >= 0.6 is 0 Å². The highest BCUT2D eigenvalue weighted by Gasteiger charge is 2.12. The average Bonchev–Trinajstić information content (AvgIpc) is 2.60. The molecular weight excluding hydrogens is 362 g/mol. The molecule has 1 aromatic heterocycles. The summed E-state index contributed by atoms with van der Waals surface area (Å²) in [6.45, 7) is 4.69. The number of nitrogens with zero attached hydrogens (tertiary/aromatic N) is 2. The number of hydrogen-bond acceptors (Lipinski definition) is 4. The Bertz CT molecular complexity index is 834. The standard InChI is InChI=1S/C19H27N5O2S/c1-15(2)24-27(25,26)14-17-8-6-16(7-9-17)13-23-19(20)22-12-10-18-5-3-4-11-21-18/h3-9,11,15,24H,10,12-14H2,1-2H3,(H3,20,22,23). The molecule has 1 aromatic carbocycles. The number of hydrogen-bond donors (Lipinski definition) is 3. The van der Waals surface area contributed by atoms with Gasteiger partial charge in [0.15, 0.2) is 5.96 Å². The molecule has 0 saturated heterocycles. The first-order chi connectivity index (χ1) is 12.8. The second-order valence-electron chi connectivity index (χ2n) is 6.55. The van der Waals surface area contributed by atoms with E-state index in [1.165, 1.54) is 0 Å². The van der Waals surface area contributed by atoms with Gasteiger partial charge in [-0.3, -0.25) is 4.98 Å². The van der Waals surface area contributed by atoms with Gasteiger partial charge in [-0.15, -0.1) is 0 Å². The summed E-state index contributed by atoms with van der Waals surface area (Å²) in [5.41, 5.74) is 8.57. The van der Waals surface area contributed by atoms with Crippen molar-refractivity contribution in [2.24, 2.45) is 10.7 Å². The number of aliphatic imine (C=N–C) groups is 1. The number of sulfonamides is 1. The van der Waals surface area contributed by atoms with Crippen molar-refractivity contribution in [2.75, 3.05) is 6.54 Å². The van der Waals surface area contributed by atoms with E-state index < -0.39 is 10.0 Å². The van der Waals surface area contributed by atoms with Crippen LogP contribution in [0.2, 0.25) is 0 Å². The van der Waals surface area contributed by atoms with Crippen molar-refractivity contribution in [1.29, 1.82) is 0 Å². The smallest absolute Gasteiger partial charge is 0.216 e. The maximum atomic E-state index is 12.0. The predicted molar refractivity (Wildman–Crippen MR) is 109 cm³/mol. The van der Waals surface area contributed by atoms with Crippen LogP contribution in [0.1, 0.15) is 30.7 Å². The number of aromatic nitrogens is 1. The van der Waals surface area contributed by atoms with Crippen molar-refractivity contribution in [3.63, 3.8) is 0 Å². The summed E-state index contributed by atoms with van der Waals surface area (Å²) in [7, 11) is -3.32. The van der Waals surface area contributed by atoms with Crippen molar-refractivity contribution in [3.8, 4) is 0 Å². The molecule has 0 saturated carbocycles. The van der Waals surface area contributed by atoms with Gasteiger partial charge in [0.1, 0.15) is 0 Å². The third kappa shape index (κ3) is 8.19. The Hall–Kier alpha value is -2.45. The van der Waals surface area contributed by atoms with Crippen molar-refractivity contribution in [1.82, 2.24) is 15.0 Å². The SMILES string of the molecule is CC(C)NS(=O)(=O)Cc1ccc(CN=C(N)NCCc2ccccn2)cc1. The Morgan fingerprint density at radius 1 is 1.15 bits per heavy atom. The summed E-state index contributed by atoms with van der Waals surface area (Å²) in [6, 6.07) is 13.0. The van der Waals surface area contributed by atoms with Crippen LogP contribution in [0.25, 0.3) is 0 Å². The van der Waals surface area contributed by atoms with E-state index in [-0.39, 0.29) is 11.8 Å². The number of nitrogens with one attached hydrogen (secondary N) is 2. The van der Waals surface area contributed by atoms with Gasteiger partial charge in [-0.2, -0.15) is 0 Å². The highest BCUT2D eigenvalue weighted by molar-refractivity contribution is 7.88. The van der Waals surface area contributed by atoms with Gasteiger partial charge >= 0.3 is 0 Å². The lowest BCUT2D eigenvalue weighted by atomic mass is 10.1. The van der Waals surface area contributed by atoms with Gasteiger partial charge in [-0.05, 0) is 37.1 Å². The lowest BCUT2D eigenvalue weighted by molar-refractivity contribution is 0.569. The predicted octanol–water partition coefficient (Wildman–Crippen LogP) is 1.56. The molecule has 7 nitrogen and oxygen atoms in total. The molecule has 0 spiro atoms. The fraction of sp³-hybridized carbons (Fsp3) is 0.368. The molecule has 2 aromatic rings. The zero-order valence-corrected chi connectivity index (χ0v) is 16.5. The Morgan fingerprint density at radius 3 is 2.48 bits per heavy atom. The summed E-state index contributed by atoms with van der Waals surface area (Å²) in [4.78, 5) is 8.55. The largest absolute Gasteiger partial charge is 0.370 e. The molecule has 0 unspecified atom stereocenters. The highest BCUT2D eigenvalue weighted by Crippen LogP contribution is 2.09. The number of benzene rings is 1. The van der Waals surface area contributed by atoms with Crippen molar-refractivity contribution in [3.05, 3.63) is 65.5 Å². The minimum atomic E-state index is -3.32. The van der Waals surface area contributed by atoms with E-state index in [4.69, 9.17) is 5.73 Å². The molecule has 4 N–H and O–H groups in total. The van der Waals surface area contributed by atoms with Crippen molar-refractivity contribution >= 4 is 16.0 Å². The van der Waals surface area contributed by atoms with Gasteiger partial charge in [0.25, 0.3) is 0 Å². The van der Waals surface area contributed by atoms with Crippen LogP contribution in [-0.4, -0.2) is 31.9 Å². The van der Waals surface area contributed by atoms with Crippen LogP contribution in [-0.2, 0) is 28.7 Å². The van der Waals surface area contributed by atoms with Crippen LogP contribution < -0.4 is 15.8 Å². The molecule has 0 atom stereocenters. The quantitative estimate of drug-likeness (QED) is 0.445. The summed E-state index contributed by atoms with van der Waals surface area (Å²) in [5, 5.41) is 3.06. The van der Waals surface area contributed by atoms with E-state index >= 15 is 0 Å². The van der Waals surface area contributed by atoms with Crippen molar-refractivity contribution in [2.45, 2.75) is 38.6 Å². The van der Waals surface area contributed by atoms with Crippen LogP contribution in [0.15, 0.2) is 53.7 Å². The van der Waals surface area contributed by atoms with Crippen LogP contribution in [0, 0.1) is 0 Å². The molecule has 0 amide bonds. The molecule has 0 fully saturated rings. The molecule has 0 aliphatic rings. The molecule has 146 valence electrons. The van der Waals surface area contributed by atoms with E-state index in [1.54, 1.807) is 32.2 Å². The monoisotopic (exact) mass is 389 g/mol. The summed E-state index contributed by atoms with van der Waals surface area (Å²) < 4.78 is 26.5. The third-order valence-electron chi connectivity index (χ3n) is 3.64. The summed E-state index contributed by atoms with van der Waals surface area (Å²) >= 11 is 0. The molecule has 1 heterocycles. The first kappa shape index (κ1) is 20.9. The van der Waals surface area contributed by atoms with Gasteiger partial charge in [0, 0.05) is 30.9 Å². The van der Waals surface area contributed by atoms with E-state index in [9.17, 15) is 8.42 Å². The molecule has 2 rings (SSSR count). The maximum Gasteiger partial charge on any atom is 0.216 e. The van der Waals surface area contributed by atoms with Crippen molar-refractivity contribution < 1.29 is 8.42 Å². The summed E-state index contributed by atoms with van der Waals surface area (Å²) in [5.74, 6) is 0.338. The van der Waals surface area contributed by atoms with E-state index in [0.29, 0.717) is 19.0 Å². The topological polar surface area (TPSA) is 109 Å². The van der Waals surface area contributed by atoms with E-state index in [1.807, 2.05) is 30.3 Å². The summed E-state index contributed by atoms with van der Waals surface area (Å²) in [6.07, 6.45) is 2.53. The lowest BCUT2D eigenvalue weighted by Gasteiger charge is -2.09. The maximum absolute atomic E-state index is 12.0. The number of nitrogens with two attached hydrogens (primary N) is 1. The first-order valence-corrected chi connectivity index (χ1v) is 10.5. The van der Waals surface area contributed by atoms with Gasteiger partial charge in [0.05, 0.1) is 12.3 Å². The normalized spacial score (nSPS) is 12.3. The molecule has 0 aliphatic carbocycles. The Balaban J connectivity index is 1.80. The highest BCUT2D eigenvalue weighted by atomic mass is 32.2. The molecule has 0 radical (unpaired) electrons. The zero-order chi connectivity index (χ0) is 19.7. The third-order valence-corrected chi connectivity index (χ3v) is 5.18. The Kier molecular flexibility index (Phi) is 7.75. The number of pyridine rings is 1. The molecule has 8 heteroatoms. The fourth-order valence-corrected chi connectivity index (χ4v) is 3.89. The van der Waals surface area contributed by atoms with Crippen LogP contribution in [0.4, 0.5) is 0 Å². The minimum absolute atomic E-state index is 0.0358. The number of guanidine groups is 1. The molecule has 27 heavy (non-hydrogen) atoms. The van der Waals surface area contributed by atoms with E-state index in [0.717, 1.165) is 23.2 Å². The van der Waals surface area contributed by atoms with Gasteiger partial charge in [-0.1, -0.05) is 30.3 Å². The van der Waals surface area contributed by atoms with Gasteiger partial charge in [-0.25, -0.2) is 18.1 Å². The minimum Gasteiger partial charge on any atom is -0.370 e. The van der Waals surface area contributed by atoms with E-state index in [2.05, 4.69) is 20.0 Å². The molecule has 0 aliphatic heterocycles. The average molecular weight is 390 g/mol. The van der Waals surface area contributed by atoms with Gasteiger partial charge < -0.3 is 11.1 Å². The Labute approximate surface area is 161 Å². The number of rotatable bonds is 9. The molecule has 0 bridgehead atoms. The van der Waals surface area contributed by atoms with Crippen LogP contribution in [0.5, 0.6) is 0 Å². The fourth-order valence-electron chi connectivity index (χ4n) is 2.46. The Morgan fingerprint density at radius 2 is 1.85 bits per heavy atom. The second kappa shape index (κ2) is 10.0. The van der Waals surface area contributed by atoms with Crippen LogP contribution in [0.3, 0.4) is 0 Å². The zero-order valence-electron chi connectivity index (χ0n) is 15.7. The molecular formula is C19H27N5O2S. The van der Waals surface area contributed by atoms with Gasteiger partial charge in [0.2, 0.25) is 10.0 Å².